The van der Waals surface area contributed by atoms with Crippen molar-refractivity contribution in [1.29, 1.82) is 0 Å². The molecule has 0 saturated carbocycles. The van der Waals surface area contributed by atoms with E-state index >= 15 is 0 Å². The SMILES string of the molecule is COCCOc1nc(N)c2[nH]c(=O)n(Cc3ccc(CNC(=O)CCC(=O)NCCOCCOCCC(=O)ON4C(=O)CCC4=O)cc3)c2n1. The number of imide groups is 1. The molecule has 270 valence electrons. The Morgan fingerprint density at radius 2 is 1.50 bits per heavy atom. The first-order valence-corrected chi connectivity index (χ1v) is 15.9. The number of ether oxygens (including phenoxy) is 4. The zero-order valence-electron chi connectivity index (χ0n) is 27.6. The van der Waals surface area contributed by atoms with Crippen molar-refractivity contribution < 1.29 is 47.8 Å². The average Bonchev–Trinajstić information content (AvgIpc) is 3.59. The number of carbonyl (C=O) groups is 5. The number of nitrogens with one attached hydrogen (secondary N) is 3. The lowest BCUT2D eigenvalue weighted by molar-refractivity contribution is -0.198. The summed E-state index contributed by atoms with van der Waals surface area (Å²) in [7, 11) is 1.54. The molecule has 1 saturated heterocycles. The number of amides is 4. The van der Waals surface area contributed by atoms with Crippen molar-refractivity contribution in [3.63, 3.8) is 0 Å². The van der Waals surface area contributed by atoms with Crippen LogP contribution in [-0.4, -0.2) is 107 Å². The summed E-state index contributed by atoms with van der Waals surface area (Å²) < 4.78 is 22.5. The van der Waals surface area contributed by atoms with Crippen molar-refractivity contribution in [2.75, 3.05) is 59.0 Å². The Bertz CT molecular complexity index is 1690. The molecular weight excluding hydrogens is 660 g/mol. The van der Waals surface area contributed by atoms with Crippen molar-refractivity contribution in [2.45, 2.75) is 45.2 Å². The van der Waals surface area contributed by atoms with Gasteiger partial charge in [-0.25, -0.2) is 9.59 Å². The largest absolute Gasteiger partial charge is 0.461 e. The Morgan fingerprint density at radius 3 is 2.20 bits per heavy atom. The normalized spacial score (nSPS) is 12.8. The van der Waals surface area contributed by atoms with Gasteiger partial charge in [0.1, 0.15) is 12.1 Å². The zero-order valence-corrected chi connectivity index (χ0v) is 27.6. The van der Waals surface area contributed by atoms with E-state index in [2.05, 4.69) is 25.6 Å². The van der Waals surface area contributed by atoms with Gasteiger partial charge in [-0.15, -0.1) is 5.06 Å². The van der Waals surface area contributed by atoms with E-state index in [9.17, 15) is 28.8 Å². The number of nitrogen functional groups attached to an aromatic ring is 1. The van der Waals surface area contributed by atoms with Crippen LogP contribution in [0.1, 0.15) is 43.2 Å². The van der Waals surface area contributed by atoms with Gasteiger partial charge in [-0.2, -0.15) is 9.97 Å². The average molecular weight is 701 g/mol. The first-order valence-electron chi connectivity index (χ1n) is 15.9. The highest BCUT2D eigenvalue weighted by Crippen LogP contribution is 2.19. The maximum atomic E-state index is 12.6. The number of hydrogen-bond acceptors (Lipinski definition) is 14. The molecule has 0 spiro atoms. The molecule has 5 N–H and O–H groups in total. The van der Waals surface area contributed by atoms with Gasteiger partial charge in [0.25, 0.3) is 11.8 Å². The topological polar surface area (TPSA) is 248 Å². The lowest BCUT2D eigenvalue weighted by atomic mass is 10.1. The van der Waals surface area contributed by atoms with E-state index in [1.165, 1.54) is 4.57 Å². The molecule has 50 heavy (non-hydrogen) atoms. The van der Waals surface area contributed by atoms with Crippen LogP contribution in [0.15, 0.2) is 29.1 Å². The lowest BCUT2D eigenvalue weighted by Crippen LogP contribution is -2.32. The predicted octanol–water partition coefficient (Wildman–Crippen LogP) is -0.682. The summed E-state index contributed by atoms with van der Waals surface area (Å²) in [5.74, 6) is -2.34. The Kier molecular flexibility index (Phi) is 14.2. The highest BCUT2D eigenvalue weighted by atomic mass is 16.7. The van der Waals surface area contributed by atoms with Gasteiger partial charge in [-0.05, 0) is 11.1 Å². The number of carbonyl (C=O) groups excluding carboxylic acids is 5. The van der Waals surface area contributed by atoms with Crippen LogP contribution < -0.4 is 26.8 Å². The number of methoxy groups -OCH3 is 1. The van der Waals surface area contributed by atoms with Crippen LogP contribution in [0, 0.1) is 0 Å². The summed E-state index contributed by atoms with van der Waals surface area (Å²) in [4.78, 5) is 87.4. The second kappa shape index (κ2) is 19.0. The quantitative estimate of drug-likeness (QED) is 0.0794. The third-order valence-corrected chi connectivity index (χ3v) is 7.17. The number of aromatic nitrogens is 4. The molecule has 19 heteroatoms. The van der Waals surface area contributed by atoms with Crippen LogP contribution in [-0.2, 0) is 56.1 Å². The number of anilines is 1. The third kappa shape index (κ3) is 11.3. The van der Waals surface area contributed by atoms with E-state index in [-0.39, 0.29) is 108 Å². The molecule has 0 bridgehead atoms. The van der Waals surface area contributed by atoms with Crippen molar-refractivity contribution in [3.8, 4) is 6.01 Å². The summed E-state index contributed by atoms with van der Waals surface area (Å²) in [6.07, 6.45) is -0.0714. The van der Waals surface area contributed by atoms with Gasteiger partial charge in [0, 0.05) is 45.9 Å². The highest BCUT2D eigenvalue weighted by Gasteiger charge is 2.32. The van der Waals surface area contributed by atoms with Gasteiger partial charge < -0.3 is 45.1 Å². The van der Waals surface area contributed by atoms with E-state index in [1.54, 1.807) is 7.11 Å². The van der Waals surface area contributed by atoms with Crippen LogP contribution >= 0.6 is 0 Å². The fraction of sp³-hybridized carbons (Fsp3) is 0.484. The number of nitrogens with two attached hydrogens (primary N) is 1. The molecule has 0 atom stereocenters. The molecule has 4 amide bonds. The third-order valence-electron chi connectivity index (χ3n) is 7.17. The summed E-state index contributed by atoms with van der Waals surface area (Å²) in [5, 5.41) is 5.94. The monoisotopic (exact) mass is 700 g/mol. The first kappa shape index (κ1) is 37.4. The minimum atomic E-state index is -0.749. The second-order valence-corrected chi connectivity index (χ2v) is 10.9. The number of fused-ring (bicyclic) bond motifs is 1. The Labute approximate surface area is 285 Å². The Balaban J connectivity index is 1.06. The van der Waals surface area contributed by atoms with Gasteiger partial charge in [0.2, 0.25) is 11.8 Å². The number of H-pyrrole nitrogens is 1. The fourth-order valence-electron chi connectivity index (χ4n) is 4.55. The zero-order chi connectivity index (χ0) is 35.9. The molecule has 1 aromatic carbocycles. The molecule has 2 aromatic heterocycles. The van der Waals surface area contributed by atoms with E-state index in [0.29, 0.717) is 22.8 Å². The van der Waals surface area contributed by atoms with Crippen molar-refractivity contribution in [3.05, 3.63) is 45.9 Å². The molecule has 1 fully saturated rings. The standard InChI is InChI=1S/C31H40N8O11/c1-46-14-17-49-30-36-28(32)27-29(37-30)38(31(45)35-27)19-21-4-2-20(3-5-21)18-34-23(41)7-6-22(40)33-11-13-48-16-15-47-12-10-26(44)50-39-24(42)8-9-25(39)43/h2-5H,6-19H2,1H3,(H,33,40)(H,34,41)(H,35,45)(H2,32,36,37). The summed E-state index contributed by atoms with van der Waals surface area (Å²) in [6.45, 7) is 1.92. The molecule has 3 heterocycles. The van der Waals surface area contributed by atoms with Crippen LogP contribution in [0.2, 0.25) is 0 Å². The van der Waals surface area contributed by atoms with Gasteiger partial charge >= 0.3 is 17.7 Å². The summed E-state index contributed by atoms with van der Waals surface area (Å²) in [5.41, 5.74) is 7.85. The van der Waals surface area contributed by atoms with Gasteiger partial charge in [-0.3, -0.25) is 23.7 Å². The fourth-order valence-corrected chi connectivity index (χ4v) is 4.55. The lowest BCUT2D eigenvalue weighted by Gasteiger charge is -2.12. The number of hydrogen-bond donors (Lipinski definition) is 4. The number of aromatic amines is 1. The van der Waals surface area contributed by atoms with Crippen molar-refractivity contribution in [2.24, 2.45) is 0 Å². The number of imidazole rings is 1. The van der Waals surface area contributed by atoms with E-state index in [4.69, 9.17) is 29.5 Å². The minimum absolute atomic E-state index is 0.00514. The molecule has 19 nitrogen and oxygen atoms in total. The molecule has 0 unspecified atom stereocenters. The van der Waals surface area contributed by atoms with E-state index in [0.717, 1.165) is 11.1 Å². The minimum Gasteiger partial charge on any atom is -0.461 e. The molecular formula is C31H40N8O11. The number of benzene rings is 1. The van der Waals surface area contributed by atoms with Gasteiger partial charge in [0.15, 0.2) is 11.5 Å². The van der Waals surface area contributed by atoms with Crippen LogP contribution in [0.5, 0.6) is 6.01 Å². The maximum Gasteiger partial charge on any atom is 0.335 e. The number of rotatable bonds is 21. The first-order chi connectivity index (χ1) is 24.1. The van der Waals surface area contributed by atoms with E-state index < -0.39 is 23.5 Å². The molecule has 0 aliphatic carbocycles. The molecule has 1 aliphatic rings. The number of nitrogens with zero attached hydrogens (tertiary/aromatic N) is 4. The maximum absolute atomic E-state index is 12.6. The molecule has 4 rings (SSSR count). The van der Waals surface area contributed by atoms with Crippen LogP contribution in [0.4, 0.5) is 5.82 Å². The smallest absolute Gasteiger partial charge is 0.335 e. The second-order valence-electron chi connectivity index (χ2n) is 10.9. The van der Waals surface area contributed by atoms with Crippen molar-refractivity contribution >= 4 is 46.6 Å². The van der Waals surface area contributed by atoms with E-state index in [1.807, 2.05) is 24.3 Å². The van der Waals surface area contributed by atoms with Crippen LogP contribution in [0.25, 0.3) is 11.2 Å². The van der Waals surface area contributed by atoms with Gasteiger partial charge in [-0.1, -0.05) is 24.3 Å². The molecule has 1 aliphatic heterocycles. The Hall–Kier alpha value is -5.40. The summed E-state index contributed by atoms with van der Waals surface area (Å²) >= 11 is 0. The highest BCUT2D eigenvalue weighted by molar-refractivity contribution is 6.01. The number of hydroxylamine groups is 2. The van der Waals surface area contributed by atoms with Gasteiger partial charge in [0.05, 0.1) is 46.0 Å². The summed E-state index contributed by atoms with van der Waals surface area (Å²) in [6, 6.07) is 7.34. The molecule has 3 aromatic rings. The molecule has 0 radical (unpaired) electrons. The predicted molar refractivity (Wildman–Crippen MR) is 173 cm³/mol. The van der Waals surface area contributed by atoms with Crippen LogP contribution in [0.3, 0.4) is 0 Å². The Morgan fingerprint density at radius 1 is 0.840 bits per heavy atom. The van der Waals surface area contributed by atoms with Crippen molar-refractivity contribution in [1.82, 2.24) is 35.2 Å².